The van der Waals surface area contributed by atoms with Gasteiger partial charge in [-0.15, -0.1) is 11.8 Å². The summed E-state index contributed by atoms with van der Waals surface area (Å²) >= 11 is 1.68. The molecule has 0 aliphatic carbocycles. The Kier molecular flexibility index (Phi) is 4.53. The quantitative estimate of drug-likeness (QED) is 0.478. The fourth-order valence-electron chi connectivity index (χ4n) is 3.26. The van der Waals surface area contributed by atoms with Crippen LogP contribution in [0.5, 0.6) is 0 Å². The van der Waals surface area contributed by atoms with Gasteiger partial charge in [0, 0.05) is 17.0 Å². The fourth-order valence-corrected chi connectivity index (χ4v) is 3.89. The van der Waals surface area contributed by atoms with Gasteiger partial charge >= 0.3 is 0 Å². The van der Waals surface area contributed by atoms with Crippen molar-refractivity contribution in [2.75, 3.05) is 6.26 Å². The maximum absolute atomic E-state index is 6.10. The molecule has 0 aliphatic rings. The van der Waals surface area contributed by atoms with Gasteiger partial charge in [0.15, 0.2) is 5.58 Å². The lowest BCUT2D eigenvalue weighted by Gasteiger charge is -2.09. The molecule has 0 saturated heterocycles. The highest BCUT2D eigenvalue weighted by Crippen LogP contribution is 2.34. The number of fused-ring (bicyclic) bond motifs is 1. The number of oxazole rings is 1. The van der Waals surface area contributed by atoms with E-state index < -0.39 is 0 Å². The number of hydrogen-bond donors (Lipinski definition) is 1. The van der Waals surface area contributed by atoms with Crippen molar-refractivity contribution in [2.45, 2.75) is 18.4 Å². The first-order valence-electron chi connectivity index (χ1n) is 8.54. The number of thioether (sulfide) groups is 1. The number of rotatable bonds is 4. The molecule has 3 aromatic carbocycles. The molecule has 2 N–H and O–H groups in total. The molecule has 0 radical (unpaired) electrons. The minimum absolute atomic E-state index is 0.497. The van der Waals surface area contributed by atoms with Gasteiger partial charge in [-0.3, -0.25) is 0 Å². The highest BCUT2D eigenvalue weighted by molar-refractivity contribution is 7.98. The topological polar surface area (TPSA) is 52.0 Å². The molecular weight excluding hydrogens is 340 g/mol. The summed E-state index contributed by atoms with van der Waals surface area (Å²) in [5, 5.41) is 0. The first-order chi connectivity index (χ1) is 12.7. The van der Waals surface area contributed by atoms with Gasteiger partial charge in [0.1, 0.15) is 5.52 Å². The lowest BCUT2D eigenvalue weighted by molar-refractivity contribution is 0.618. The van der Waals surface area contributed by atoms with E-state index in [4.69, 9.17) is 15.1 Å². The van der Waals surface area contributed by atoms with Crippen LogP contribution < -0.4 is 5.73 Å². The molecular formula is C22H20N2OS. The van der Waals surface area contributed by atoms with Crippen molar-refractivity contribution in [3.63, 3.8) is 0 Å². The molecule has 0 aliphatic heterocycles. The number of hydrogen-bond acceptors (Lipinski definition) is 4. The van der Waals surface area contributed by atoms with E-state index in [9.17, 15) is 0 Å². The van der Waals surface area contributed by atoms with Gasteiger partial charge in [-0.25, -0.2) is 4.98 Å². The van der Waals surface area contributed by atoms with Crippen molar-refractivity contribution in [3.05, 3.63) is 71.8 Å². The smallest absolute Gasteiger partial charge is 0.227 e. The zero-order chi connectivity index (χ0) is 18.1. The van der Waals surface area contributed by atoms with Crippen molar-refractivity contribution in [1.29, 1.82) is 0 Å². The van der Waals surface area contributed by atoms with E-state index in [2.05, 4.69) is 49.4 Å². The Bertz CT molecular complexity index is 1030. The van der Waals surface area contributed by atoms with Gasteiger partial charge in [0.25, 0.3) is 0 Å². The molecule has 0 bridgehead atoms. The van der Waals surface area contributed by atoms with Crippen molar-refractivity contribution in [3.8, 4) is 22.6 Å². The largest absolute Gasteiger partial charge is 0.436 e. The molecule has 3 nitrogen and oxygen atoms in total. The predicted octanol–water partition coefficient (Wildman–Crippen LogP) is 5.65. The van der Waals surface area contributed by atoms with Crippen LogP contribution in [0.3, 0.4) is 0 Å². The zero-order valence-electron chi connectivity index (χ0n) is 14.8. The third kappa shape index (κ3) is 2.91. The lowest BCUT2D eigenvalue weighted by Crippen LogP contribution is -1.97. The van der Waals surface area contributed by atoms with E-state index in [-0.39, 0.29) is 0 Å². The number of nitrogens with zero attached hydrogens (tertiary/aromatic N) is 1. The molecule has 1 aromatic heterocycles. The van der Waals surface area contributed by atoms with E-state index in [1.807, 2.05) is 24.5 Å². The van der Waals surface area contributed by atoms with Gasteiger partial charge in [-0.05, 0) is 53.6 Å². The molecule has 0 spiro atoms. The van der Waals surface area contributed by atoms with Crippen LogP contribution in [0.15, 0.2) is 70.0 Å². The molecule has 4 aromatic rings. The Morgan fingerprint density at radius 3 is 2.50 bits per heavy atom. The van der Waals surface area contributed by atoms with Crippen molar-refractivity contribution in [2.24, 2.45) is 5.73 Å². The van der Waals surface area contributed by atoms with Crippen molar-refractivity contribution >= 4 is 22.9 Å². The maximum Gasteiger partial charge on any atom is 0.227 e. The number of aromatic nitrogens is 1. The van der Waals surface area contributed by atoms with Crippen LogP contribution in [0, 0.1) is 6.92 Å². The predicted molar refractivity (Wildman–Crippen MR) is 109 cm³/mol. The SMILES string of the molecule is CSc1cc2oc(-c3cccc(-c4ccccc4)c3C)nc2cc1CN. The Balaban J connectivity index is 1.85. The Morgan fingerprint density at radius 2 is 1.77 bits per heavy atom. The molecule has 0 fully saturated rings. The Labute approximate surface area is 157 Å². The first kappa shape index (κ1) is 16.9. The average molecular weight is 360 g/mol. The summed E-state index contributed by atoms with van der Waals surface area (Å²) in [6.45, 7) is 2.61. The minimum atomic E-state index is 0.497. The summed E-state index contributed by atoms with van der Waals surface area (Å²) in [7, 11) is 0. The van der Waals surface area contributed by atoms with Crippen molar-refractivity contribution in [1.82, 2.24) is 4.98 Å². The minimum Gasteiger partial charge on any atom is -0.436 e. The van der Waals surface area contributed by atoms with Gasteiger partial charge < -0.3 is 10.2 Å². The number of nitrogens with two attached hydrogens (primary N) is 1. The van der Waals surface area contributed by atoms with Gasteiger partial charge in [-0.2, -0.15) is 0 Å². The molecule has 1 heterocycles. The summed E-state index contributed by atoms with van der Waals surface area (Å²) in [6.07, 6.45) is 2.05. The third-order valence-electron chi connectivity index (χ3n) is 4.66. The van der Waals surface area contributed by atoms with Crippen LogP contribution in [0.25, 0.3) is 33.7 Å². The standard InChI is InChI=1S/C22H20N2OS/c1-14-17(15-7-4-3-5-8-15)9-6-10-18(14)22-24-19-11-16(13-23)21(26-2)12-20(19)25-22/h3-12H,13,23H2,1-2H3. The molecule has 0 amide bonds. The van der Waals surface area contributed by atoms with Crippen LogP contribution in [0.4, 0.5) is 0 Å². The zero-order valence-corrected chi connectivity index (χ0v) is 15.6. The highest BCUT2D eigenvalue weighted by atomic mass is 32.2. The summed E-state index contributed by atoms with van der Waals surface area (Å²) in [5.41, 5.74) is 13.2. The van der Waals surface area contributed by atoms with E-state index >= 15 is 0 Å². The molecule has 4 rings (SSSR count). The van der Waals surface area contributed by atoms with Gasteiger partial charge in [0.05, 0.1) is 0 Å². The molecule has 26 heavy (non-hydrogen) atoms. The molecule has 0 atom stereocenters. The molecule has 0 unspecified atom stereocenters. The lowest BCUT2D eigenvalue weighted by atomic mass is 9.96. The van der Waals surface area contributed by atoms with Crippen LogP contribution in [-0.2, 0) is 6.54 Å². The van der Waals surface area contributed by atoms with Crippen LogP contribution in [0.1, 0.15) is 11.1 Å². The Morgan fingerprint density at radius 1 is 1.00 bits per heavy atom. The van der Waals surface area contributed by atoms with E-state index in [1.54, 1.807) is 11.8 Å². The maximum atomic E-state index is 6.10. The third-order valence-corrected chi connectivity index (χ3v) is 5.48. The first-order valence-corrected chi connectivity index (χ1v) is 9.76. The van der Waals surface area contributed by atoms with E-state index in [0.29, 0.717) is 12.4 Å². The van der Waals surface area contributed by atoms with E-state index in [1.165, 1.54) is 11.1 Å². The fraction of sp³-hybridized carbons (Fsp3) is 0.136. The summed E-state index contributed by atoms with van der Waals surface area (Å²) in [5.74, 6) is 0.650. The van der Waals surface area contributed by atoms with Crippen LogP contribution in [-0.4, -0.2) is 11.2 Å². The van der Waals surface area contributed by atoms with Crippen LogP contribution >= 0.6 is 11.8 Å². The highest BCUT2D eigenvalue weighted by Gasteiger charge is 2.15. The van der Waals surface area contributed by atoms with E-state index in [0.717, 1.165) is 32.7 Å². The summed E-state index contributed by atoms with van der Waals surface area (Å²) < 4.78 is 6.10. The normalized spacial score (nSPS) is 11.2. The second kappa shape index (κ2) is 6.98. The molecule has 130 valence electrons. The second-order valence-corrected chi connectivity index (χ2v) is 7.05. The number of benzene rings is 3. The molecule has 4 heteroatoms. The summed E-state index contributed by atoms with van der Waals surface area (Å²) in [6, 6.07) is 20.7. The van der Waals surface area contributed by atoms with Gasteiger partial charge in [-0.1, -0.05) is 42.5 Å². The summed E-state index contributed by atoms with van der Waals surface area (Å²) in [4.78, 5) is 5.87. The van der Waals surface area contributed by atoms with Crippen molar-refractivity contribution < 1.29 is 4.42 Å². The average Bonchev–Trinajstić information content (AvgIpc) is 3.10. The second-order valence-electron chi connectivity index (χ2n) is 6.20. The monoisotopic (exact) mass is 360 g/mol. The van der Waals surface area contributed by atoms with Gasteiger partial charge in [0.2, 0.25) is 5.89 Å². The molecule has 0 saturated carbocycles. The van der Waals surface area contributed by atoms with Crippen LogP contribution in [0.2, 0.25) is 0 Å². The Hall–Kier alpha value is -2.56.